The van der Waals surface area contributed by atoms with Crippen LogP contribution in [0.25, 0.3) is 0 Å². The molecule has 1 rings (SSSR count). The molecule has 0 spiro atoms. The summed E-state index contributed by atoms with van der Waals surface area (Å²) < 4.78 is 7.03. The van der Waals surface area contributed by atoms with E-state index in [0.717, 1.165) is 14.5 Å². The van der Waals surface area contributed by atoms with Crippen LogP contribution in [0.2, 0.25) is 0 Å². The highest BCUT2D eigenvalue weighted by atomic mass is 79.9. The Morgan fingerprint density at radius 3 is 2.40 bits per heavy atom. The molecule has 1 amide bonds. The van der Waals surface area contributed by atoms with Gasteiger partial charge in [0.25, 0.3) is 5.91 Å². The first-order valence-electron chi connectivity index (χ1n) is 4.33. The van der Waals surface area contributed by atoms with Crippen molar-refractivity contribution < 1.29 is 9.53 Å². The second-order valence-corrected chi connectivity index (χ2v) is 4.73. The third kappa shape index (κ3) is 3.50. The number of amides is 1. The van der Waals surface area contributed by atoms with Crippen LogP contribution >= 0.6 is 31.9 Å². The molecule has 0 aliphatic heterocycles. The zero-order valence-corrected chi connectivity index (χ0v) is 11.6. The molecule has 15 heavy (non-hydrogen) atoms. The van der Waals surface area contributed by atoms with Crippen molar-refractivity contribution in [3.05, 3.63) is 26.6 Å². The molecule has 1 N–H and O–H groups in total. The second kappa shape index (κ2) is 5.51. The molecule has 0 aromatic heterocycles. The van der Waals surface area contributed by atoms with E-state index in [4.69, 9.17) is 4.74 Å². The van der Waals surface area contributed by atoms with E-state index in [1.54, 1.807) is 7.05 Å². The van der Waals surface area contributed by atoms with E-state index < -0.39 is 0 Å². The van der Waals surface area contributed by atoms with Gasteiger partial charge in [0.1, 0.15) is 5.75 Å². The molecule has 82 valence electrons. The summed E-state index contributed by atoms with van der Waals surface area (Å²) >= 11 is 6.77. The van der Waals surface area contributed by atoms with Gasteiger partial charge in [-0.15, -0.1) is 0 Å². The van der Waals surface area contributed by atoms with E-state index >= 15 is 0 Å². The van der Waals surface area contributed by atoms with Gasteiger partial charge in [0.15, 0.2) is 6.61 Å². The van der Waals surface area contributed by atoms with Crippen LogP contribution in [0, 0.1) is 6.92 Å². The maximum absolute atomic E-state index is 11.0. The molecule has 0 atom stereocenters. The Labute approximate surface area is 105 Å². The summed E-state index contributed by atoms with van der Waals surface area (Å²) in [6.07, 6.45) is 0. The molecule has 0 unspecified atom stereocenters. The minimum absolute atomic E-state index is 0.0107. The molecule has 3 nitrogen and oxygen atoms in total. The number of carbonyl (C=O) groups excluding carboxylic acids is 1. The lowest BCUT2D eigenvalue weighted by molar-refractivity contribution is -0.122. The Hall–Kier alpha value is -0.550. The quantitative estimate of drug-likeness (QED) is 0.921. The number of nitrogens with one attached hydrogen (secondary N) is 1. The van der Waals surface area contributed by atoms with Gasteiger partial charge in [-0.25, -0.2) is 0 Å². The van der Waals surface area contributed by atoms with E-state index in [9.17, 15) is 4.79 Å². The van der Waals surface area contributed by atoms with Gasteiger partial charge >= 0.3 is 0 Å². The van der Waals surface area contributed by atoms with E-state index in [1.807, 2.05) is 19.1 Å². The van der Waals surface area contributed by atoms with Gasteiger partial charge in [-0.05, 0) is 56.5 Å². The van der Waals surface area contributed by atoms with Crippen molar-refractivity contribution >= 4 is 37.8 Å². The molecule has 0 saturated heterocycles. The Balaban J connectivity index is 2.81. The maximum atomic E-state index is 11.0. The van der Waals surface area contributed by atoms with Crippen molar-refractivity contribution in [2.75, 3.05) is 13.7 Å². The highest BCUT2D eigenvalue weighted by Gasteiger charge is 2.09. The second-order valence-electron chi connectivity index (χ2n) is 3.02. The Bertz CT molecular complexity index is 357. The third-order valence-corrected chi connectivity index (χ3v) is 2.95. The van der Waals surface area contributed by atoms with Crippen LogP contribution in [-0.2, 0) is 4.79 Å². The van der Waals surface area contributed by atoms with Gasteiger partial charge < -0.3 is 10.1 Å². The number of benzene rings is 1. The van der Waals surface area contributed by atoms with Gasteiger partial charge in [0.05, 0.1) is 8.95 Å². The van der Waals surface area contributed by atoms with E-state index in [2.05, 4.69) is 37.2 Å². The first-order chi connectivity index (χ1) is 7.04. The molecule has 0 saturated carbocycles. The van der Waals surface area contributed by atoms with Gasteiger partial charge in [-0.1, -0.05) is 0 Å². The van der Waals surface area contributed by atoms with Crippen molar-refractivity contribution in [2.45, 2.75) is 6.92 Å². The monoisotopic (exact) mass is 335 g/mol. The molecule has 0 bridgehead atoms. The lowest BCUT2D eigenvalue weighted by Gasteiger charge is -2.10. The summed E-state index contributed by atoms with van der Waals surface area (Å²) in [4.78, 5) is 11.0. The van der Waals surface area contributed by atoms with Crippen molar-refractivity contribution in [2.24, 2.45) is 0 Å². The van der Waals surface area contributed by atoms with Crippen LogP contribution in [0.1, 0.15) is 5.56 Å². The molecule has 0 fully saturated rings. The molecule has 1 aromatic carbocycles. The van der Waals surface area contributed by atoms with Crippen molar-refractivity contribution in [3.63, 3.8) is 0 Å². The third-order valence-electron chi connectivity index (χ3n) is 1.77. The molecule has 0 radical (unpaired) electrons. The van der Waals surface area contributed by atoms with E-state index in [1.165, 1.54) is 0 Å². The van der Waals surface area contributed by atoms with Crippen molar-refractivity contribution in [3.8, 4) is 5.75 Å². The fraction of sp³-hybridized carbons (Fsp3) is 0.300. The standard InChI is InChI=1S/C10H11Br2NO2/c1-6-3-7(11)10(8(12)4-6)15-5-9(14)13-2/h3-4H,5H2,1-2H3,(H,13,14). The summed E-state index contributed by atoms with van der Waals surface area (Å²) in [6.45, 7) is 1.99. The van der Waals surface area contributed by atoms with E-state index in [0.29, 0.717) is 5.75 Å². The molecular formula is C10H11Br2NO2. The van der Waals surface area contributed by atoms with Gasteiger partial charge in [0, 0.05) is 7.05 Å². The minimum atomic E-state index is -0.158. The van der Waals surface area contributed by atoms with Crippen molar-refractivity contribution in [1.29, 1.82) is 0 Å². The number of hydrogen-bond donors (Lipinski definition) is 1. The number of carbonyl (C=O) groups is 1. The highest BCUT2D eigenvalue weighted by molar-refractivity contribution is 9.11. The minimum Gasteiger partial charge on any atom is -0.481 e. The zero-order valence-electron chi connectivity index (χ0n) is 8.43. The van der Waals surface area contributed by atoms with Crippen molar-refractivity contribution in [1.82, 2.24) is 5.32 Å². The first-order valence-corrected chi connectivity index (χ1v) is 5.92. The Morgan fingerprint density at radius 1 is 1.40 bits per heavy atom. The van der Waals surface area contributed by atoms with E-state index in [-0.39, 0.29) is 12.5 Å². The smallest absolute Gasteiger partial charge is 0.257 e. The SMILES string of the molecule is CNC(=O)COc1c(Br)cc(C)cc1Br. The van der Waals surface area contributed by atoms with Crippen LogP contribution < -0.4 is 10.1 Å². The number of halogens is 2. The highest BCUT2D eigenvalue weighted by Crippen LogP contribution is 2.34. The predicted octanol–water partition coefficient (Wildman–Crippen LogP) is 2.64. The summed E-state index contributed by atoms with van der Waals surface area (Å²) in [7, 11) is 1.57. The summed E-state index contributed by atoms with van der Waals surface area (Å²) in [5.41, 5.74) is 1.11. The zero-order chi connectivity index (χ0) is 11.4. The first kappa shape index (κ1) is 12.5. The number of ether oxygens (including phenoxy) is 1. The largest absolute Gasteiger partial charge is 0.481 e. The molecule has 0 aliphatic rings. The van der Waals surface area contributed by atoms with Crippen LogP contribution in [0.4, 0.5) is 0 Å². The average Bonchev–Trinajstić information content (AvgIpc) is 2.15. The van der Waals surface area contributed by atoms with Crippen LogP contribution in [0.5, 0.6) is 5.75 Å². The van der Waals surface area contributed by atoms with Gasteiger partial charge in [-0.3, -0.25) is 4.79 Å². The molecular weight excluding hydrogens is 326 g/mol. The van der Waals surface area contributed by atoms with Gasteiger partial charge in [0.2, 0.25) is 0 Å². The predicted molar refractivity (Wildman–Crippen MR) is 66.1 cm³/mol. The molecule has 1 aromatic rings. The summed E-state index contributed by atoms with van der Waals surface area (Å²) in [6, 6.07) is 3.87. The van der Waals surface area contributed by atoms with Crippen LogP contribution in [0.15, 0.2) is 21.1 Å². The molecule has 0 aliphatic carbocycles. The number of hydrogen-bond acceptors (Lipinski definition) is 2. The fourth-order valence-electron chi connectivity index (χ4n) is 1.03. The van der Waals surface area contributed by atoms with Gasteiger partial charge in [-0.2, -0.15) is 0 Å². The average molecular weight is 337 g/mol. The number of aryl methyl sites for hydroxylation is 1. The topological polar surface area (TPSA) is 38.3 Å². The number of likely N-dealkylation sites (N-methyl/N-ethyl adjacent to an activating group) is 1. The maximum Gasteiger partial charge on any atom is 0.257 e. The molecule has 0 heterocycles. The summed E-state index contributed by atoms with van der Waals surface area (Å²) in [5, 5.41) is 2.49. The Kier molecular flexibility index (Phi) is 4.60. The lowest BCUT2D eigenvalue weighted by Crippen LogP contribution is -2.25. The fourth-order valence-corrected chi connectivity index (χ4v) is 2.68. The van der Waals surface area contributed by atoms with Crippen LogP contribution in [-0.4, -0.2) is 19.6 Å². The molecule has 5 heteroatoms. The lowest BCUT2D eigenvalue weighted by atomic mass is 10.2. The normalized spacial score (nSPS) is 9.87. The Morgan fingerprint density at radius 2 is 1.93 bits per heavy atom. The van der Waals surface area contributed by atoms with Crippen LogP contribution in [0.3, 0.4) is 0 Å². The summed E-state index contributed by atoms with van der Waals surface area (Å²) in [5.74, 6) is 0.485. The number of rotatable bonds is 3.